The Bertz CT molecular complexity index is 485. The van der Waals surface area contributed by atoms with E-state index in [1.807, 2.05) is 0 Å². The van der Waals surface area contributed by atoms with Crippen LogP contribution in [0.15, 0.2) is 22.7 Å². The van der Waals surface area contributed by atoms with Crippen molar-refractivity contribution < 1.29 is 13.9 Å². The Morgan fingerprint density at radius 2 is 2.20 bits per heavy atom. The fourth-order valence-electron chi connectivity index (χ4n) is 2.46. The maximum atomic E-state index is 13.1. The van der Waals surface area contributed by atoms with Crippen LogP contribution < -0.4 is 10.6 Å². The molecule has 1 aromatic rings. The summed E-state index contributed by atoms with van der Waals surface area (Å²) in [4.78, 5) is 12.6. The summed E-state index contributed by atoms with van der Waals surface area (Å²) in [6, 6.07) is 4.21. The molecule has 0 aromatic heterocycles. The predicted molar refractivity (Wildman–Crippen MR) is 79.1 cm³/mol. The molecule has 2 rings (SSSR count). The lowest BCUT2D eigenvalue weighted by atomic mass is 9.78. The average molecular weight is 345 g/mol. The smallest absolute Gasteiger partial charge is 0.233 e. The Morgan fingerprint density at radius 1 is 1.50 bits per heavy atom. The van der Waals surface area contributed by atoms with Crippen molar-refractivity contribution in [3.63, 3.8) is 0 Å². The van der Waals surface area contributed by atoms with Crippen LogP contribution in [0.2, 0.25) is 0 Å². The molecule has 1 saturated heterocycles. The van der Waals surface area contributed by atoms with E-state index in [2.05, 4.69) is 26.6 Å². The first kappa shape index (κ1) is 15.4. The molecule has 20 heavy (non-hydrogen) atoms. The van der Waals surface area contributed by atoms with E-state index in [1.54, 1.807) is 13.2 Å². The molecule has 110 valence electrons. The second-order valence-corrected chi connectivity index (χ2v) is 5.90. The van der Waals surface area contributed by atoms with Crippen molar-refractivity contribution in [1.82, 2.24) is 5.32 Å². The van der Waals surface area contributed by atoms with Gasteiger partial charge in [0.25, 0.3) is 0 Å². The third-order valence-corrected chi connectivity index (χ3v) is 4.30. The van der Waals surface area contributed by atoms with Gasteiger partial charge in [-0.3, -0.25) is 4.79 Å². The number of halogens is 2. The van der Waals surface area contributed by atoms with E-state index in [0.29, 0.717) is 16.8 Å². The molecule has 1 aliphatic heterocycles. The molecule has 0 spiro atoms. The molecule has 1 amide bonds. The van der Waals surface area contributed by atoms with Gasteiger partial charge in [0, 0.05) is 11.6 Å². The largest absolute Gasteiger partial charge is 0.384 e. The van der Waals surface area contributed by atoms with Crippen molar-refractivity contribution in [3.8, 4) is 0 Å². The maximum absolute atomic E-state index is 13.1. The fraction of sp³-hybridized carbons (Fsp3) is 0.500. The molecule has 1 aromatic carbocycles. The quantitative estimate of drug-likeness (QED) is 0.882. The average Bonchev–Trinajstić information content (AvgIpc) is 2.43. The highest BCUT2D eigenvalue weighted by Gasteiger charge is 2.39. The fourth-order valence-corrected chi connectivity index (χ4v) is 2.91. The number of piperidine rings is 1. The second-order valence-electron chi connectivity index (χ2n) is 5.04. The molecule has 4 nitrogen and oxygen atoms in total. The van der Waals surface area contributed by atoms with Gasteiger partial charge in [0.05, 0.1) is 17.7 Å². The summed E-state index contributed by atoms with van der Waals surface area (Å²) in [7, 11) is 1.60. The van der Waals surface area contributed by atoms with E-state index >= 15 is 0 Å². The molecular formula is C14H18BrFN2O2. The monoisotopic (exact) mass is 344 g/mol. The minimum Gasteiger partial charge on any atom is -0.384 e. The summed E-state index contributed by atoms with van der Waals surface area (Å²) < 4.78 is 18.8. The standard InChI is InChI=1S/C14H18BrFN2O2/c1-20-9-14(4-6-17-7-5-14)13(19)18-12-3-2-10(16)8-11(12)15/h2-3,8,17H,4-7,9H2,1H3,(H,18,19). The zero-order valence-corrected chi connectivity index (χ0v) is 12.9. The molecule has 1 fully saturated rings. The first-order valence-electron chi connectivity index (χ1n) is 6.53. The van der Waals surface area contributed by atoms with E-state index in [0.717, 1.165) is 25.9 Å². The molecule has 1 heterocycles. The zero-order valence-electron chi connectivity index (χ0n) is 11.3. The molecule has 0 unspecified atom stereocenters. The van der Waals surface area contributed by atoms with Gasteiger partial charge in [0.15, 0.2) is 0 Å². The van der Waals surface area contributed by atoms with E-state index in [1.165, 1.54) is 12.1 Å². The van der Waals surface area contributed by atoms with Gasteiger partial charge in [-0.15, -0.1) is 0 Å². The van der Waals surface area contributed by atoms with Gasteiger partial charge in [0.1, 0.15) is 5.82 Å². The van der Waals surface area contributed by atoms with Gasteiger partial charge in [-0.05, 0) is 60.1 Å². The number of carbonyl (C=O) groups excluding carboxylic acids is 1. The number of rotatable bonds is 4. The first-order valence-corrected chi connectivity index (χ1v) is 7.33. The van der Waals surface area contributed by atoms with Crippen LogP contribution in [-0.4, -0.2) is 32.7 Å². The Morgan fingerprint density at radius 3 is 2.80 bits per heavy atom. The summed E-state index contributed by atoms with van der Waals surface area (Å²) in [6.07, 6.45) is 1.46. The van der Waals surface area contributed by atoms with Gasteiger partial charge in [-0.2, -0.15) is 0 Å². The summed E-state index contributed by atoms with van der Waals surface area (Å²) in [5.41, 5.74) is 0.0544. The molecule has 0 atom stereocenters. The summed E-state index contributed by atoms with van der Waals surface area (Å²) in [5.74, 6) is -0.420. The highest BCUT2D eigenvalue weighted by molar-refractivity contribution is 9.10. The lowest BCUT2D eigenvalue weighted by Crippen LogP contribution is -2.47. The highest BCUT2D eigenvalue weighted by Crippen LogP contribution is 2.32. The number of hydrogen-bond acceptors (Lipinski definition) is 3. The normalized spacial score (nSPS) is 17.8. The Kier molecular flexibility index (Phi) is 5.12. The molecule has 0 saturated carbocycles. The molecule has 0 aliphatic carbocycles. The van der Waals surface area contributed by atoms with Gasteiger partial charge in [0.2, 0.25) is 5.91 Å². The van der Waals surface area contributed by atoms with E-state index in [9.17, 15) is 9.18 Å². The minimum atomic E-state index is -0.520. The minimum absolute atomic E-state index is 0.0758. The van der Waals surface area contributed by atoms with Crippen LogP contribution >= 0.6 is 15.9 Å². The number of benzene rings is 1. The Labute approximate surface area is 126 Å². The maximum Gasteiger partial charge on any atom is 0.233 e. The van der Waals surface area contributed by atoms with Crippen molar-refractivity contribution in [3.05, 3.63) is 28.5 Å². The second kappa shape index (κ2) is 6.65. The number of amides is 1. The summed E-state index contributed by atoms with van der Waals surface area (Å²) in [6.45, 7) is 1.97. The first-order chi connectivity index (χ1) is 9.57. The number of carbonyl (C=O) groups is 1. The van der Waals surface area contributed by atoms with Gasteiger partial charge in [-0.25, -0.2) is 4.39 Å². The Balaban J connectivity index is 2.15. The van der Waals surface area contributed by atoms with Crippen molar-refractivity contribution in [2.75, 3.05) is 32.1 Å². The number of anilines is 1. The van der Waals surface area contributed by atoms with Gasteiger partial charge < -0.3 is 15.4 Å². The summed E-state index contributed by atoms with van der Waals surface area (Å²) >= 11 is 3.26. The summed E-state index contributed by atoms with van der Waals surface area (Å²) in [5, 5.41) is 6.11. The van der Waals surface area contributed by atoms with Crippen LogP contribution in [0.1, 0.15) is 12.8 Å². The SMILES string of the molecule is COCC1(C(=O)Nc2ccc(F)cc2Br)CCNCC1. The van der Waals surface area contributed by atoms with E-state index in [4.69, 9.17) is 4.74 Å². The molecular weight excluding hydrogens is 327 g/mol. The van der Waals surface area contributed by atoms with Crippen LogP contribution in [0.3, 0.4) is 0 Å². The van der Waals surface area contributed by atoms with Crippen molar-refractivity contribution in [2.45, 2.75) is 12.8 Å². The molecule has 6 heteroatoms. The lowest BCUT2D eigenvalue weighted by molar-refractivity contribution is -0.130. The van der Waals surface area contributed by atoms with Gasteiger partial charge in [-0.1, -0.05) is 0 Å². The number of nitrogens with one attached hydrogen (secondary N) is 2. The molecule has 0 bridgehead atoms. The third-order valence-electron chi connectivity index (χ3n) is 3.64. The number of hydrogen-bond donors (Lipinski definition) is 2. The molecule has 0 radical (unpaired) electrons. The highest BCUT2D eigenvalue weighted by atomic mass is 79.9. The zero-order chi connectivity index (χ0) is 14.6. The van der Waals surface area contributed by atoms with E-state index in [-0.39, 0.29) is 11.7 Å². The lowest BCUT2D eigenvalue weighted by Gasteiger charge is -2.35. The third kappa shape index (κ3) is 3.37. The van der Waals surface area contributed by atoms with E-state index < -0.39 is 5.41 Å². The molecule has 1 aliphatic rings. The predicted octanol–water partition coefficient (Wildman–Crippen LogP) is 2.54. The van der Waals surface area contributed by atoms with Crippen LogP contribution in [0, 0.1) is 11.2 Å². The van der Waals surface area contributed by atoms with Crippen molar-refractivity contribution in [1.29, 1.82) is 0 Å². The van der Waals surface area contributed by atoms with Crippen molar-refractivity contribution in [2.24, 2.45) is 5.41 Å². The number of methoxy groups -OCH3 is 1. The molecule has 2 N–H and O–H groups in total. The topological polar surface area (TPSA) is 50.4 Å². The van der Waals surface area contributed by atoms with Crippen LogP contribution in [-0.2, 0) is 9.53 Å². The van der Waals surface area contributed by atoms with Crippen LogP contribution in [0.5, 0.6) is 0 Å². The van der Waals surface area contributed by atoms with Crippen LogP contribution in [0.4, 0.5) is 10.1 Å². The van der Waals surface area contributed by atoms with Crippen molar-refractivity contribution >= 4 is 27.5 Å². The van der Waals surface area contributed by atoms with Gasteiger partial charge >= 0.3 is 0 Å². The number of ether oxygens (including phenoxy) is 1. The van der Waals surface area contributed by atoms with Crippen LogP contribution in [0.25, 0.3) is 0 Å². The Hall–Kier alpha value is -0.980.